The Kier molecular flexibility index (Phi) is 3.27. The molecule has 6 nitrogen and oxygen atoms in total. The van der Waals surface area contributed by atoms with Crippen molar-refractivity contribution in [2.45, 2.75) is 20.5 Å². The lowest BCUT2D eigenvalue weighted by molar-refractivity contribution is 0.0691. The predicted octanol–water partition coefficient (Wildman–Crippen LogP) is 1.96. The zero-order valence-electron chi connectivity index (χ0n) is 10.0. The first-order valence-corrected chi connectivity index (χ1v) is 5.33. The number of hydrogen-bond donors (Lipinski definition) is 1. The minimum Gasteiger partial charge on any atom is -0.486 e. The first-order chi connectivity index (χ1) is 8.59. The van der Waals surface area contributed by atoms with Crippen molar-refractivity contribution in [3.63, 3.8) is 0 Å². The van der Waals surface area contributed by atoms with Crippen molar-refractivity contribution in [3.05, 3.63) is 40.7 Å². The van der Waals surface area contributed by atoms with Crippen molar-refractivity contribution in [2.24, 2.45) is 0 Å². The largest absolute Gasteiger partial charge is 0.486 e. The molecule has 6 heteroatoms. The van der Waals surface area contributed by atoms with E-state index in [0.29, 0.717) is 17.1 Å². The first-order valence-electron chi connectivity index (χ1n) is 5.33. The van der Waals surface area contributed by atoms with Gasteiger partial charge in [-0.1, -0.05) is 22.4 Å². The Morgan fingerprint density at radius 1 is 1.39 bits per heavy atom. The molecule has 0 amide bonds. The number of nitrogens with zero attached hydrogens (tertiary/aromatic N) is 2. The molecule has 0 atom stereocenters. The number of ether oxygens (including phenoxy) is 1. The predicted molar refractivity (Wildman–Crippen MR) is 61.5 cm³/mol. The fraction of sp³-hybridized carbons (Fsp3) is 0.250. The zero-order valence-corrected chi connectivity index (χ0v) is 10.0. The normalized spacial score (nSPS) is 10.3. The highest BCUT2D eigenvalue weighted by Gasteiger charge is 2.14. The lowest BCUT2D eigenvalue weighted by Crippen LogP contribution is -2.05. The van der Waals surface area contributed by atoms with Crippen LogP contribution in [-0.4, -0.2) is 21.4 Å². The number of aromatic nitrogens is 2. The second-order valence-corrected chi connectivity index (χ2v) is 3.84. The van der Waals surface area contributed by atoms with Gasteiger partial charge in [0.05, 0.1) is 0 Å². The quantitative estimate of drug-likeness (QED) is 0.890. The van der Waals surface area contributed by atoms with Crippen LogP contribution in [0.5, 0.6) is 5.75 Å². The smallest absolute Gasteiger partial charge is 0.339 e. The van der Waals surface area contributed by atoms with Gasteiger partial charge in [-0.25, -0.2) is 9.42 Å². The van der Waals surface area contributed by atoms with Crippen LogP contribution in [0.25, 0.3) is 0 Å². The topological polar surface area (TPSA) is 85.5 Å². The Morgan fingerprint density at radius 2 is 2.17 bits per heavy atom. The summed E-state index contributed by atoms with van der Waals surface area (Å²) in [5, 5.41) is 16.4. The first kappa shape index (κ1) is 12.1. The summed E-state index contributed by atoms with van der Waals surface area (Å²) in [5.74, 6) is -0.684. The van der Waals surface area contributed by atoms with Crippen LogP contribution >= 0.6 is 0 Å². The summed E-state index contributed by atoms with van der Waals surface area (Å²) in [6.45, 7) is 3.65. The lowest BCUT2D eigenvalue weighted by atomic mass is 10.1. The third-order valence-electron chi connectivity index (χ3n) is 2.54. The summed E-state index contributed by atoms with van der Waals surface area (Å²) in [6, 6.07) is 4.96. The van der Waals surface area contributed by atoms with Crippen molar-refractivity contribution in [3.8, 4) is 5.75 Å². The number of carboxylic acids is 1. The van der Waals surface area contributed by atoms with Gasteiger partial charge in [0.1, 0.15) is 29.3 Å². The molecule has 0 fully saturated rings. The number of hydrogen-bond acceptors (Lipinski definition) is 5. The Bertz CT molecular complexity index is 577. The SMILES string of the molecule is Cc1cccc(C(=O)O)c1OCc1nonc1C. The van der Waals surface area contributed by atoms with Gasteiger partial charge in [-0.2, -0.15) is 0 Å². The molecule has 94 valence electrons. The minimum atomic E-state index is -1.02. The van der Waals surface area contributed by atoms with Crippen molar-refractivity contribution in [2.75, 3.05) is 0 Å². The van der Waals surface area contributed by atoms with Crippen LogP contribution in [0.15, 0.2) is 22.8 Å². The van der Waals surface area contributed by atoms with Crippen molar-refractivity contribution in [1.29, 1.82) is 0 Å². The molecule has 0 unspecified atom stereocenters. The molecule has 0 saturated heterocycles. The number of carboxylic acid groups (broad SMARTS) is 1. The molecule has 0 saturated carbocycles. The highest BCUT2D eigenvalue weighted by Crippen LogP contribution is 2.24. The maximum atomic E-state index is 11.1. The second kappa shape index (κ2) is 4.87. The number of rotatable bonds is 4. The third-order valence-corrected chi connectivity index (χ3v) is 2.54. The van der Waals surface area contributed by atoms with Crippen LogP contribution in [-0.2, 0) is 6.61 Å². The van der Waals surface area contributed by atoms with Gasteiger partial charge in [-0.15, -0.1) is 0 Å². The van der Waals surface area contributed by atoms with Gasteiger partial charge >= 0.3 is 5.97 Å². The standard InChI is InChI=1S/C12H12N2O4/c1-7-4-3-5-9(12(15)16)11(7)17-6-10-8(2)13-18-14-10/h3-5H,6H2,1-2H3,(H,15,16). The molecular weight excluding hydrogens is 236 g/mol. The summed E-state index contributed by atoms with van der Waals surface area (Å²) in [5.41, 5.74) is 2.06. The van der Waals surface area contributed by atoms with E-state index < -0.39 is 5.97 Å². The highest BCUT2D eigenvalue weighted by molar-refractivity contribution is 5.91. The maximum absolute atomic E-state index is 11.1. The number of para-hydroxylation sites is 1. The monoisotopic (exact) mass is 248 g/mol. The molecule has 1 aromatic carbocycles. The Balaban J connectivity index is 2.24. The summed E-state index contributed by atoms with van der Waals surface area (Å²) in [4.78, 5) is 11.1. The van der Waals surface area contributed by atoms with Gasteiger partial charge in [-0.3, -0.25) is 0 Å². The summed E-state index contributed by atoms with van der Waals surface area (Å²) >= 11 is 0. The molecule has 0 radical (unpaired) electrons. The van der Waals surface area contributed by atoms with Gasteiger partial charge in [0.15, 0.2) is 0 Å². The Hall–Kier alpha value is -2.37. The number of benzene rings is 1. The molecule has 2 rings (SSSR count). The van der Waals surface area contributed by atoms with Crippen molar-refractivity contribution in [1.82, 2.24) is 10.3 Å². The molecule has 0 bridgehead atoms. The average Bonchev–Trinajstić information content (AvgIpc) is 2.73. The zero-order chi connectivity index (χ0) is 13.1. The molecule has 0 aliphatic heterocycles. The molecule has 0 spiro atoms. The van der Waals surface area contributed by atoms with Gasteiger partial charge in [0.2, 0.25) is 0 Å². The second-order valence-electron chi connectivity index (χ2n) is 3.84. The van der Waals surface area contributed by atoms with Gasteiger partial charge in [0.25, 0.3) is 0 Å². The van der Waals surface area contributed by atoms with E-state index in [1.54, 1.807) is 26.0 Å². The number of aryl methyl sites for hydroxylation is 2. The summed E-state index contributed by atoms with van der Waals surface area (Å²) < 4.78 is 10.1. The fourth-order valence-electron chi connectivity index (χ4n) is 1.53. The van der Waals surface area contributed by atoms with E-state index in [1.165, 1.54) is 6.07 Å². The van der Waals surface area contributed by atoms with E-state index >= 15 is 0 Å². The van der Waals surface area contributed by atoms with Crippen molar-refractivity contribution >= 4 is 5.97 Å². The fourth-order valence-corrected chi connectivity index (χ4v) is 1.53. The van der Waals surface area contributed by atoms with Crippen LogP contribution < -0.4 is 4.74 Å². The molecule has 2 aromatic rings. The molecule has 1 heterocycles. The average molecular weight is 248 g/mol. The van der Waals surface area contributed by atoms with Crippen LogP contribution in [0.4, 0.5) is 0 Å². The van der Waals surface area contributed by atoms with Crippen LogP contribution in [0.3, 0.4) is 0 Å². The molecule has 1 aromatic heterocycles. The minimum absolute atomic E-state index is 0.125. The van der Waals surface area contributed by atoms with Crippen molar-refractivity contribution < 1.29 is 19.3 Å². The van der Waals surface area contributed by atoms with E-state index in [9.17, 15) is 4.79 Å². The van der Waals surface area contributed by atoms with E-state index in [-0.39, 0.29) is 12.2 Å². The lowest BCUT2D eigenvalue weighted by Gasteiger charge is -2.10. The Labute approximate surface area is 103 Å². The van der Waals surface area contributed by atoms with Crippen LogP contribution in [0, 0.1) is 13.8 Å². The molecular formula is C12H12N2O4. The molecule has 0 aliphatic rings. The molecule has 18 heavy (non-hydrogen) atoms. The molecule has 0 aliphatic carbocycles. The van der Waals surface area contributed by atoms with Crippen LogP contribution in [0.1, 0.15) is 27.3 Å². The van der Waals surface area contributed by atoms with Gasteiger partial charge < -0.3 is 9.84 Å². The van der Waals surface area contributed by atoms with Gasteiger partial charge in [-0.05, 0) is 25.5 Å². The molecule has 1 N–H and O–H groups in total. The Morgan fingerprint density at radius 3 is 2.78 bits per heavy atom. The van der Waals surface area contributed by atoms with E-state index in [0.717, 1.165) is 5.56 Å². The summed E-state index contributed by atoms with van der Waals surface area (Å²) in [6.07, 6.45) is 0. The van der Waals surface area contributed by atoms with Crippen LogP contribution in [0.2, 0.25) is 0 Å². The number of aromatic carboxylic acids is 1. The number of carbonyl (C=O) groups is 1. The van der Waals surface area contributed by atoms with E-state index in [2.05, 4.69) is 14.9 Å². The summed E-state index contributed by atoms with van der Waals surface area (Å²) in [7, 11) is 0. The van der Waals surface area contributed by atoms with Gasteiger partial charge in [0, 0.05) is 0 Å². The van der Waals surface area contributed by atoms with E-state index in [1.807, 2.05) is 0 Å². The third kappa shape index (κ3) is 2.32. The maximum Gasteiger partial charge on any atom is 0.339 e. The van der Waals surface area contributed by atoms with E-state index in [4.69, 9.17) is 9.84 Å². The highest BCUT2D eigenvalue weighted by atomic mass is 16.6.